The highest BCUT2D eigenvalue weighted by Crippen LogP contribution is 2.53. The number of hydrogen-bond donors (Lipinski definition) is 1. The molecule has 4 aliphatic carbocycles. The first-order chi connectivity index (χ1) is 16.7. The van der Waals surface area contributed by atoms with Crippen molar-refractivity contribution in [3.8, 4) is 5.88 Å². The SMILES string of the molecule is Cl.O=C(NC1C2CC3CC(C2)CC1C3)c1onc(OCCc2ccncc2)c1Sc1ccccc1. The summed E-state index contributed by atoms with van der Waals surface area (Å²) in [6, 6.07) is 14.1. The summed E-state index contributed by atoms with van der Waals surface area (Å²) >= 11 is 1.46. The molecule has 4 fully saturated rings. The summed E-state index contributed by atoms with van der Waals surface area (Å²) in [6.45, 7) is 0.440. The fourth-order valence-corrected chi connectivity index (χ4v) is 7.33. The van der Waals surface area contributed by atoms with Crippen LogP contribution in [0.5, 0.6) is 5.88 Å². The predicted molar refractivity (Wildman–Crippen MR) is 136 cm³/mol. The monoisotopic (exact) mass is 511 g/mol. The molecule has 8 heteroatoms. The highest BCUT2D eigenvalue weighted by atomic mass is 35.5. The van der Waals surface area contributed by atoms with Gasteiger partial charge in [0.2, 0.25) is 5.76 Å². The van der Waals surface area contributed by atoms with Gasteiger partial charge < -0.3 is 14.6 Å². The maximum atomic E-state index is 13.4. The molecule has 4 aliphatic rings. The van der Waals surface area contributed by atoms with Crippen LogP contribution in [0.15, 0.2) is 69.2 Å². The summed E-state index contributed by atoms with van der Waals surface area (Å²) in [7, 11) is 0. The fourth-order valence-electron chi connectivity index (χ4n) is 6.39. The number of halogens is 1. The van der Waals surface area contributed by atoms with Crippen LogP contribution in [0, 0.1) is 23.7 Å². The summed E-state index contributed by atoms with van der Waals surface area (Å²) in [5, 5.41) is 7.51. The number of ether oxygens (including phenoxy) is 1. The Morgan fingerprint density at radius 2 is 1.69 bits per heavy atom. The van der Waals surface area contributed by atoms with Crippen molar-refractivity contribution in [3.05, 3.63) is 66.2 Å². The maximum Gasteiger partial charge on any atom is 0.291 e. The Hall–Kier alpha value is -2.51. The van der Waals surface area contributed by atoms with Gasteiger partial charge in [-0.15, -0.1) is 12.4 Å². The molecule has 0 radical (unpaired) electrons. The Morgan fingerprint density at radius 3 is 2.37 bits per heavy atom. The van der Waals surface area contributed by atoms with Crippen molar-refractivity contribution in [1.82, 2.24) is 15.5 Å². The van der Waals surface area contributed by atoms with Gasteiger partial charge >= 0.3 is 0 Å². The molecule has 6 nitrogen and oxygen atoms in total. The summed E-state index contributed by atoms with van der Waals surface area (Å²) in [5.74, 6) is 3.39. The van der Waals surface area contributed by atoms with E-state index in [1.54, 1.807) is 12.4 Å². The lowest BCUT2D eigenvalue weighted by Gasteiger charge is -2.54. The van der Waals surface area contributed by atoms with Crippen molar-refractivity contribution in [1.29, 1.82) is 0 Å². The number of nitrogens with one attached hydrogen (secondary N) is 1. The molecule has 4 bridgehead atoms. The van der Waals surface area contributed by atoms with Crippen molar-refractivity contribution < 1.29 is 14.1 Å². The molecule has 1 N–H and O–H groups in total. The number of aromatic nitrogens is 2. The van der Waals surface area contributed by atoms with Gasteiger partial charge in [0.25, 0.3) is 11.8 Å². The first-order valence-electron chi connectivity index (χ1n) is 12.3. The summed E-state index contributed by atoms with van der Waals surface area (Å²) in [4.78, 5) is 19.1. The molecule has 35 heavy (non-hydrogen) atoms. The molecule has 0 saturated heterocycles. The topological polar surface area (TPSA) is 77.2 Å². The predicted octanol–water partition coefficient (Wildman–Crippen LogP) is 5.82. The molecule has 1 aromatic carbocycles. The lowest BCUT2D eigenvalue weighted by molar-refractivity contribution is -0.0124. The van der Waals surface area contributed by atoms with Crippen molar-refractivity contribution in [2.24, 2.45) is 23.7 Å². The molecule has 0 atom stereocenters. The van der Waals surface area contributed by atoms with Gasteiger partial charge in [-0.25, -0.2) is 0 Å². The van der Waals surface area contributed by atoms with Crippen LogP contribution in [0.2, 0.25) is 0 Å². The third kappa shape index (κ3) is 5.21. The van der Waals surface area contributed by atoms with Crippen LogP contribution >= 0.6 is 24.2 Å². The highest BCUT2D eigenvalue weighted by molar-refractivity contribution is 7.99. The largest absolute Gasteiger partial charge is 0.474 e. The lowest BCUT2D eigenvalue weighted by Crippen LogP contribution is -2.55. The first kappa shape index (κ1) is 24.2. The van der Waals surface area contributed by atoms with Crippen LogP contribution in [-0.4, -0.2) is 28.7 Å². The van der Waals surface area contributed by atoms with Gasteiger partial charge in [-0.05, 0) is 90.8 Å². The van der Waals surface area contributed by atoms with Crippen LogP contribution in [0.4, 0.5) is 0 Å². The fraction of sp³-hybridized carbons (Fsp3) is 0.444. The number of pyridine rings is 1. The molecular weight excluding hydrogens is 482 g/mol. The number of carbonyl (C=O) groups is 1. The molecular formula is C27H30ClN3O3S. The van der Waals surface area contributed by atoms with E-state index in [-0.39, 0.29) is 30.1 Å². The zero-order chi connectivity index (χ0) is 22.9. The van der Waals surface area contributed by atoms with Crippen molar-refractivity contribution in [2.45, 2.75) is 54.4 Å². The van der Waals surface area contributed by atoms with Gasteiger partial charge in [-0.2, -0.15) is 0 Å². The Morgan fingerprint density at radius 1 is 1.00 bits per heavy atom. The Kier molecular flexibility index (Phi) is 7.35. The lowest BCUT2D eigenvalue weighted by atomic mass is 9.54. The van der Waals surface area contributed by atoms with Crippen molar-refractivity contribution >= 4 is 30.1 Å². The molecule has 0 unspecified atom stereocenters. The van der Waals surface area contributed by atoms with Crippen molar-refractivity contribution in [2.75, 3.05) is 6.61 Å². The molecule has 7 rings (SSSR count). The molecule has 3 aromatic rings. The minimum absolute atomic E-state index is 0. The Labute approximate surface area is 216 Å². The molecule has 2 heterocycles. The molecule has 1 amide bonds. The van der Waals surface area contributed by atoms with Crippen LogP contribution in [0.3, 0.4) is 0 Å². The van der Waals surface area contributed by atoms with E-state index in [0.29, 0.717) is 29.2 Å². The molecule has 184 valence electrons. The average Bonchev–Trinajstić information content (AvgIpc) is 3.24. The quantitative estimate of drug-likeness (QED) is 0.410. The number of hydrogen-bond acceptors (Lipinski definition) is 6. The van der Waals surface area contributed by atoms with Crippen molar-refractivity contribution in [3.63, 3.8) is 0 Å². The van der Waals surface area contributed by atoms with E-state index < -0.39 is 0 Å². The standard InChI is InChI=1S/C27H29N3O3S.ClH/c31-26(29-23-20-13-18-12-19(15-20)16-21(23)14-18)24-25(34-22-4-2-1-3-5-22)27(30-33-24)32-11-8-17-6-9-28-10-7-17;/h1-7,9-10,18-21,23H,8,11-16H2,(H,29,31);1H. The third-order valence-corrected chi connectivity index (χ3v) is 8.77. The number of amides is 1. The zero-order valence-electron chi connectivity index (χ0n) is 19.5. The van der Waals surface area contributed by atoms with Crippen LogP contribution in [0.1, 0.15) is 48.2 Å². The molecule has 0 spiro atoms. The van der Waals surface area contributed by atoms with Crippen LogP contribution in [-0.2, 0) is 6.42 Å². The van der Waals surface area contributed by atoms with Gasteiger partial charge in [-0.3, -0.25) is 9.78 Å². The number of rotatable bonds is 8. The van der Waals surface area contributed by atoms with E-state index in [0.717, 1.165) is 28.7 Å². The van der Waals surface area contributed by atoms with Gasteiger partial charge in [0.05, 0.1) is 6.61 Å². The summed E-state index contributed by atoms with van der Waals surface area (Å²) < 4.78 is 11.6. The second-order valence-electron chi connectivity index (χ2n) is 9.94. The highest BCUT2D eigenvalue weighted by Gasteiger charge is 2.49. The van der Waals surface area contributed by atoms with Gasteiger partial charge in [0.1, 0.15) is 4.90 Å². The third-order valence-electron chi connectivity index (χ3n) is 7.69. The second-order valence-corrected chi connectivity index (χ2v) is 11.0. The number of benzene rings is 1. The Bertz CT molecular complexity index is 1110. The minimum atomic E-state index is -0.174. The van der Waals surface area contributed by atoms with E-state index in [9.17, 15) is 4.79 Å². The minimum Gasteiger partial charge on any atom is -0.474 e. The van der Waals surface area contributed by atoms with Gasteiger partial charge in [0, 0.05) is 29.8 Å². The van der Waals surface area contributed by atoms with E-state index in [2.05, 4.69) is 15.5 Å². The molecule has 0 aliphatic heterocycles. The van der Waals surface area contributed by atoms with Crippen LogP contribution < -0.4 is 10.1 Å². The summed E-state index contributed by atoms with van der Waals surface area (Å²) in [6.07, 6.45) is 10.7. The average molecular weight is 512 g/mol. The number of carbonyl (C=O) groups excluding carboxylic acids is 1. The van der Waals surface area contributed by atoms with E-state index in [4.69, 9.17) is 9.26 Å². The van der Waals surface area contributed by atoms with E-state index in [1.807, 2.05) is 42.5 Å². The number of nitrogens with zero attached hydrogens (tertiary/aromatic N) is 2. The van der Waals surface area contributed by atoms with Gasteiger partial charge in [0.15, 0.2) is 0 Å². The van der Waals surface area contributed by atoms with E-state index >= 15 is 0 Å². The smallest absolute Gasteiger partial charge is 0.291 e. The maximum absolute atomic E-state index is 13.4. The zero-order valence-corrected chi connectivity index (χ0v) is 21.1. The Balaban J connectivity index is 0.00000253. The normalized spacial score (nSPS) is 26.2. The molecule has 4 saturated carbocycles. The second kappa shape index (κ2) is 10.6. The molecule has 2 aromatic heterocycles. The first-order valence-corrected chi connectivity index (χ1v) is 13.1. The van der Waals surface area contributed by atoms with Gasteiger partial charge in [-0.1, -0.05) is 30.0 Å². The van der Waals surface area contributed by atoms with Crippen LogP contribution in [0.25, 0.3) is 0 Å². The summed E-state index contributed by atoms with van der Waals surface area (Å²) in [5.41, 5.74) is 1.13. The van der Waals surface area contributed by atoms with E-state index in [1.165, 1.54) is 43.9 Å².